The lowest BCUT2D eigenvalue weighted by atomic mass is 9.88. The molecule has 0 bridgehead atoms. The fraction of sp³-hybridized carbons (Fsp3) is 0.684. The van der Waals surface area contributed by atoms with Crippen molar-refractivity contribution >= 4 is 0 Å². The number of hydrogen-bond acceptors (Lipinski definition) is 2. The average molecular weight is 286 g/mol. The van der Waals surface area contributed by atoms with E-state index >= 15 is 0 Å². The van der Waals surface area contributed by atoms with Gasteiger partial charge in [-0.15, -0.1) is 0 Å². The third-order valence-electron chi connectivity index (χ3n) is 5.47. The first-order valence-corrected chi connectivity index (χ1v) is 8.81. The van der Waals surface area contributed by atoms with Gasteiger partial charge in [-0.05, 0) is 49.9 Å². The van der Waals surface area contributed by atoms with Crippen molar-refractivity contribution in [3.05, 3.63) is 35.4 Å². The van der Waals surface area contributed by atoms with Gasteiger partial charge in [0, 0.05) is 18.6 Å². The summed E-state index contributed by atoms with van der Waals surface area (Å²) in [5.41, 5.74) is 3.07. The number of benzene rings is 1. The van der Waals surface area contributed by atoms with Crippen LogP contribution in [0.4, 0.5) is 0 Å². The maximum atomic E-state index is 3.73. The molecular weight excluding hydrogens is 256 g/mol. The molecule has 0 heterocycles. The zero-order valence-corrected chi connectivity index (χ0v) is 13.6. The van der Waals surface area contributed by atoms with Crippen molar-refractivity contribution < 1.29 is 0 Å². The van der Waals surface area contributed by atoms with Crippen LogP contribution in [-0.2, 0) is 6.42 Å². The molecule has 3 rings (SSSR count). The van der Waals surface area contributed by atoms with Crippen molar-refractivity contribution in [2.45, 2.75) is 57.5 Å². The Morgan fingerprint density at radius 1 is 1.14 bits per heavy atom. The van der Waals surface area contributed by atoms with Crippen LogP contribution in [-0.4, -0.2) is 31.1 Å². The molecule has 2 unspecified atom stereocenters. The quantitative estimate of drug-likeness (QED) is 0.886. The summed E-state index contributed by atoms with van der Waals surface area (Å²) < 4.78 is 0. The van der Waals surface area contributed by atoms with Gasteiger partial charge in [0.25, 0.3) is 0 Å². The van der Waals surface area contributed by atoms with Crippen molar-refractivity contribution in [1.82, 2.24) is 10.2 Å². The van der Waals surface area contributed by atoms with Gasteiger partial charge in [-0.3, -0.25) is 0 Å². The Kier molecular flexibility index (Phi) is 4.97. The summed E-state index contributed by atoms with van der Waals surface area (Å²) in [6, 6.07) is 10.1. The normalized spacial score (nSPS) is 26.2. The molecule has 0 radical (unpaired) electrons. The molecule has 116 valence electrons. The summed E-state index contributed by atoms with van der Waals surface area (Å²) >= 11 is 0. The largest absolute Gasteiger partial charge is 0.309 e. The fourth-order valence-corrected chi connectivity index (χ4v) is 4.36. The highest BCUT2D eigenvalue weighted by molar-refractivity contribution is 5.37. The van der Waals surface area contributed by atoms with Crippen molar-refractivity contribution in [2.75, 3.05) is 20.1 Å². The Morgan fingerprint density at radius 3 is 2.67 bits per heavy atom. The van der Waals surface area contributed by atoms with Gasteiger partial charge in [0.1, 0.15) is 0 Å². The minimum absolute atomic E-state index is 0.514. The van der Waals surface area contributed by atoms with Gasteiger partial charge in [0.2, 0.25) is 0 Å². The molecule has 2 aliphatic rings. The molecule has 2 heteroatoms. The molecule has 0 aliphatic heterocycles. The third-order valence-corrected chi connectivity index (χ3v) is 5.47. The molecule has 0 aromatic heterocycles. The predicted octanol–water partition coefficient (Wildman–Crippen LogP) is 3.77. The van der Waals surface area contributed by atoms with Crippen LogP contribution in [0.3, 0.4) is 0 Å². The lowest BCUT2D eigenvalue weighted by Gasteiger charge is -2.34. The van der Waals surface area contributed by atoms with E-state index in [4.69, 9.17) is 0 Å². The maximum absolute atomic E-state index is 3.73. The van der Waals surface area contributed by atoms with E-state index in [-0.39, 0.29) is 0 Å². The minimum Gasteiger partial charge on any atom is -0.309 e. The second kappa shape index (κ2) is 6.93. The van der Waals surface area contributed by atoms with Crippen molar-refractivity contribution in [3.63, 3.8) is 0 Å². The van der Waals surface area contributed by atoms with Crippen LogP contribution in [0.25, 0.3) is 0 Å². The lowest BCUT2D eigenvalue weighted by molar-refractivity contribution is 0.159. The monoisotopic (exact) mass is 286 g/mol. The fourth-order valence-electron chi connectivity index (χ4n) is 4.36. The van der Waals surface area contributed by atoms with E-state index in [1.54, 1.807) is 5.56 Å². The Labute approximate surface area is 129 Å². The number of hydrogen-bond donors (Lipinski definition) is 1. The molecule has 1 saturated carbocycles. The zero-order valence-electron chi connectivity index (χ0n) is 13.6. The van der Waals surface area contributed by atoms with Crippen LogP contribution in [0.1, 0.15) is 56.2 Å². The SMILES string of the molecule is CCNC1c2ccccc2CC1N(C)CC1CCCCC1. The first-order valence-electron chi connectivity index (χ1n) is 8.81. The predicted molar refractivity (Wildman–Crippen MR) is 89.6 cm³/mol. The number of likely N-dealkylation sites (N-methyl/N-ethyl adjacent to an activating group) is 2. The lowest BCUT2D eigenvalue weighted by Crippen LogP contribution is -2.43. The van der Waals surface area contributed by atoms with Crippen molar-refractivity contribution in [1.29, 1.82) is 0 Å². The first kappa shape index (κ1) is 15.1. The maximum Gasteiger partial charge on any atom is 0.0483 e. The number of fused-ring (bicyclic) bond motifs is 1. The molecule has 1 fully saturated rings. The second-order valence-electron chi connectivity index (χ2n) is 6.95. The van der Waals surface area contributed by atoms with Gasteiger partial charge < -0.3 is 10.2 Å². The average Bonchev–Trinajstić information content (AvgIpc) is 2.88. The van der Waals surface area contributed by atoms with Crippen LogP contribution >= 0.6 is 0 Å². The van der Waals surface area contributed by atoms with Crippen LogP contribution in [0.15, 0.2) is 24.3 Å². The van der Waals surface area contributed by atoms with E-state index in [0.717, 1.165) is 12.5 Å². The molecule has 1 N–H and O–H groups in total. The van der Waals surface area contributed by atoms with Crippen molar-refractivity contribution in [2.24, 2.45) is 5.92 Å². The number of rotatable bonds is 5. The second-order valence-corrected chi connectivity index (χ2v) is 6.95. The zero-order chi connectivity index (χ0) is 14.7. The molecule has 2 atom stereocenters. The summed E-state index contributed by atoms with van der Waals surface area (Å²) in [6.45, 7) is 4.55. The standard InChI is InChI=1S/C19H30N2/c1-3-20-19-17-12-8-7-11-16(17)13-18(19)21(2)14-15-9-5-4-6-10-15/h7-8,11-12,15,18-20H,3-6,9-10,13-14H2,1-2H3. The summed E-state index contributed by atoms with van der Waals surface area (Å²) in [5, 5.41) is 3.73. The van der Waals surface area contributed by atoms with Crippen LogP contribution in [0, 0.1) is 5.92 Å². The molecule has 1 aromatic rings. The van der Waals surface area contributed by atoms with Crippen LogP contribution in [0.5, 0.6) is 0 Å². The summed E-state index contributed by atoms with van der Waals surface area (Å²) in [7, 11) is 2.34. The van der Waals surface area contributed by atoms with Gasteiger partial charge in [0.15, 0.2) is 0 Å². The summed E-state index contributed by atoms with van der Waals surface area (Å²) in [5.74, 6) is 0.926. The topological polar surface area (TPSA) is 15.3 Å². The molecule has 21 heavy (non-hydrogen) atoms. The van der Waals surface area contributed by atoms with Crippen LogP contribution in [0.2, 0.25) is 0 Å². The van der Waals surface area contributed by atoms with E-state index in [1.165, 1.54) is 50.6 Å². The summed E-state index contributed by atoms with van der Waals surface area (Å²) in [6.07, 6.45) is 8.43. The van der Waals surface area contributed by atoms with Crippen molar-refractivity contribution in [3.8, 4) is 0 Å². The molecule has 2 nitrogen and oxygen atoms in total. The highest BCUT2D eigenvalue weighted by Gasteiger charge is 2.34. The molecule has 1 aromatic carbocycles. The van der Waals surface area contributed by atoms with Crippen LogP contribution < -0.4 is 5.32 Å². The van der Waals surface area contributed by atoms with Gasteiger partial charge in [0.05, 0.1) is 0 Å². The molecule has 2 aliphatic carbocycles. The molecular formula is C19H30N2. The van der Waals surface area contributed by atoms with E-state index < -0.39 is 0 Å². The van der Waals surface area contributed by atoms with Gasteiger partial charge >= 0.3 is 0 Å². The Hall–Kier alpha value is -0.860. The van der Waals surface area contributed by atoms with Gasteiger partial charge in [-0.1, -0.05) is 50.5 Å². The minimum atomic E-state index is 0.514. The van der Waals surface area contributed by atoms with E-state index in [0.29, 0.717) is 12.1 Å². The Balaban J connectivity index is 1.69. The Bertz CT molecular complexity index is 451. The van der Waals surface area contributed by atoms with E-state index in [1.807, 2.05) is 0 Å². The molecule has 0 spiro atoms. The highest BCUT2D eigenvalue weighted by Crippen LogP contribution is 2.35. The number of nitrogens with zero attached hydrogens (tertiary/aromatic N) is 1. The molecule has 0 amide bonds. The van der Waals surface area contributed by atoms with E-state index in [2.05, 4.69) is 48.5 Å². The Morgan fingerprint density at radius 2 is 1.90 bits per heavy atom. The first-order chi connectivity index (χ1) is 10.3. The highest BCUT2D eigenvalue weighted by atomic mass is 15.2. The van der Waals surface area contributed by atoms with Gasteiger partial charge in [-0.25, -0.2) is 0 Å². The molecule has 0 saturated heterocycles. The van der Waals surface area contributed by atoms with Gasteiger partial charge in [-0.2, -0.15) is 0 Å². The summed E-state index contributed by atoms with van der Waals surface area (Å²) in [4.78, 5) is 2.64. The number of nitrogens with one attached hydrogen (secondary N) is 1. The van der Waals surface area contributed by atoms with E-state index in [9.17, 15) is 0 Å². The third kappa shape index (κ3) is 3.32. The smallest absolute Gasteiger partial charge is 0.0483 e.